The highest BCUT2D eigenvalue weighted by molar-refractivity contribution is 5.71. The molecule has 0 bridgehead atoms. The number of carbonyl (C=O) groups excluding carboxylic acids is 3. The zero-order valence-electron chi connectivity index (χ0n) is 46.0. The molecule has 0 rings (SSSR count). The standard InChI is InChI=1S/C64H110O6/c1-4-7-10-13-16-19-22-25-28-30-32-34-36-39-42-45-48-51-54-57-63(66)69-60-61(59-68-62(65)56-53-50-47-44-41-38-35-27-24-21-18-15-12-9-6-3)70-64(67)58-55-52-49-46-43-40-37-33-31-29-26-23-20-17-14-11-8-5-2/h7,10,13,16,19,22,25,28,30,32,34,36,39,42,61H,4-6,8-9,11-12,14-15,17-18,20-21,23-24,26-27,29,31,33,35,37-38,40-41,43-60H2,1-3H3/b10-7-,16-13-,22-19-,28-25-,32-30+,36-34-,42-39-. The van der Waals surface area contributed by atoms with Crippen molar-refractivity contribution < 1.29 is 28.6 Å². The number of allylic oxidation sites excluding steroid dienone is 14. The molecular formula is C64H110O6. The Kier molecular flexibility index (Phi) is 55.3. The second kappa shape index (κ2) is 58.2. The summed E-state index contributed by atoms with van der Waals surface area (Å²) in [4.78, 5) is 38.2. The minimum Gasteiger partial charge on any atom is -0.462 e. The first-order chi connectivity index (χ1) is 34.5. The molecule has 0 aliphatic carbocycles. The number of carbonyl (C=O) groups is 3. The molecule has 0 aromatic rings. The summed E-state index contributed by atoms with van der Waals surface area (Å²) in [5.74, 6) is -0.921. The summed E-state index contributed by atoms with van der Waals surface area (Å²) in [6, 6.07) is 0. The lowest BCUT2D eigenvalue weighted by molar-refractivity contribution is -0.167. The van der Waals surface area contributed by atoms with Crippen LogP contribution in [-0.2, 0) is 28.6 Å². The smallest absolute Gasteiger partial charge is 0.306 e. The fourth-order valence-electron chi connectivity index (χ4n) is 8.43. The first-order valence-electron chi connectivity index (χ1n) is 29.7. The number of unbranched alkanes of at least 4 members (excludes halogenated alkanes) is 34. The van der Waals surface area contributed by atoms with Crippen LogP contribution in [0.1, 0.15) is 284 Å². The zero-order valence-corrected chi connectivity index (χ0v) is 46.0. The summed E-state index contributed by atoms with van der Waals surface area (Å²) in [5, 5.41) is 0. The van der Waals surface area contributed by atoms with Crippen LogP contribution in [0.25, 0.3) is 0 Å². The van der Waals surface area contributed by atoms with E-state index in [2.05, 4.69) is 39.0 Å². The van der Waals surface area contributed by atoms with Gasteiger partial charge in [0, 0.05) is 19.3 Å². The Bertz CT molecular complexity index is 1350. The normalized spacial score (nSPS) is 12.7. The van der Waals surface area contributed by atoms with Crippen molar-refractivity contribution in [1.82, 2.24) is 0 Å². The molecule has 0 fully saturated rings. The highest BCUT2D eigenvalue weighted by Crippen LogP contribution is 2.17. The summed E-state index contributed by atoms with van der Waals surface area (Å²) in [6.45, 7) is 6.49. The van der Waals surface area contributed by atoms with Crippen molar-refractivity contribution >= 4 is 17.9 Å². The van der Waals surface area contributed by atoms with E-state index in [0.29, 0.717) is 19.3 Å². The summed E-state index contributed by atoms with van der Waals surface area (Å²) in [7, 11) is 0. The van der Waals surface area contributed by atoms with Gasteiger partial charge in [0.15, 0.2) is 6.10 Å². The third-order valence-electron chi connectivity index (χ3n) is 12.9. The number of esters is 3. The molecule has 0 spiro atoms. The maximum atomic E-state index is 12.9. The molecule has 0 aromatic heterocycles. The fraction of sp³-hybridized carbons (Fsp3) is 0.734. The molecule has 0 saturated carbocycles. The van der Waals surface area contributed by atoms with Gasteiger partial charge in [0.25, 0.3) is 0 Å². The van der Waals surface area contributed by atoms with E-state index in [1.807, 2.05) is 66.8 Å². The van der Waals surface area contributed by atoms with Gasteiger partial charge in [0.2, 0.25) is 0 Å². The summed E-state index contributed by atoms with van der Waals surface area (Å²) in [5.41, 5.74) is 0. The molecule has 0 heterocycles. The van der Waals surface area contributed by atoms with E-state index in [4.69, 9.17) is 14.2 Å². The molecule has 0 amide bonds. The highest BCUT2D eigenvalue weighted by atomic mass is 16.6. The second-order valence-corrected chi connectivity index (χ2v) is 19.7. The minimum absolute atomic E-state index is 0.0877. The Labute approximate surface area is 433 Å². The van der Waals surface area contributed by atoms with Crippen LogP contribution < -0.4 is 0 Å². The van der Waals surface area contributed by atoms with Crippen LogP contribution in [0.2, 0.25) is 0 Å². The van der Waals surface area contributed by atoms with E-state index in [9.17, 15) is 14.4 Å². The van der Waals surface area contributed by atoms with Crippen molar-refractivity contribution in [3.63, 3.8) is 0 Å². The summed E-state index contributed by atoms with van der Waals surface area (Å²) < 4.78 is 16.9. The molecule has 70 heavy (non-hydrogen) atoms. The third-order valence-corrected chi connectivity index (χ3v) is 12.9. The van der Waals surface area contributed by atoms with Crippen molar-refractivity contribution in [2.45, 2.75) is 290 Å². The van der Waals surface area contributed by atoms with Crippen molar-refractivity contribution in [3.8, 4) is 0 Å². The van der Waals surface area contributed by atoms with Gasteiger partial charge in [-0.05, 0) is 38.5 Å². The van der Waals surface area contributed by atoms with E-state index in [1.165, 1.54) is 173 Å². The molecule has 0 radical (unpaired) electrons. The Morgan fingerprint density at radius 2 is 0.557 bits per heavy atom. The topological polar surface area (TPSA) is 78.9 Å². The fourth-order valence-corrected chi connectivity index (χ4v) is 8.43. The molecular weight excluding hydrogens is 865 g/mol. The van der Waals surface area contributed by atoms with E-state index in [0.717, 1.165) is 70.6 Å². The second-order valence-electron chi connectivity index (χ2n) is 19.7. The highest BCUT2D eigenvalue weighted by Gasteiger charge is 2.19. The average Bonchev–Trinajstić information content (AvgIpc) is 3.36. The molecule has 0 aliphatic heterocycles. The minimum atomic E-state index is -0.793. The molecule has 1 atom stereocenters. The largest absolute Gasteiger partial charge is 0.462 e. The van der Waals surface area contributed by atoms with E-state index >= 15 is 0 Å². The van der Waals surface area contributed by atoms with E-state index < -0.39 is 6.10 Å². The molecule has 1 unspecified atom stereocenters. The van der Waals surface area contributed by atoms with Crippen molar-refractivity contribution in [2.75, 3.05) is 13.2 Å². The number of hydrogen-bond donors (Lipinski definition) is 0. The van der Waals surface area contributed by atoms with Gasteiger partial charge in [-0.2, -0.15) is 0 Å². The number of rotatable bonds is 53. The van der Waals surface area contributed by atoms with Gasteiger partial charge in [0.05, 0.1) is 0 Å². The predicted octanol–water partition coefficient (Wildman–Crippen LogP) is 19.9. The Hall–Kier alpha value is -3.41. The van der Waals surface area contributed by atoms with Crippen LogP contribution >= 0.6 is 0 Å². The van der Waals surface area contributed by atoms with Gasteiger partial charge in [-0.3, -0.25) is 14.4 Å². The molecule has 0 aliphatic rings. The first kappa shape index (κ1) is 66.6. The van der Waals surface area contributed by atoms with Crippen LogP contribution in [0, 0.1) is 0 Å². The summed E-state index contributed by atoms with van der Waals surface area (Å²) >= 11 is 0. The first-order valence-corrected chi connectivity index (χ1v) is 29.7. The van der Waals surface area contributed by atoms with Crippen LogP contribution in [0.3, 0.4) is 0 Å². The van der Waals surface area contributed by atoms with Gasteiger partial charge >= 0.3 is 17.9 Å². The lowest BCUT2D eigenvalue weighted by atomic mass is 10.0. The van der Waals surface area contributed by atoms with Crippen LogP contribution in [-0.4, -0.2) is 37.2 Å². The third kappa shape index (κ3) is 55.5. The molecule has 6 heteroatoms. The molecule has 402 valence electrons. The summed E-state index contributed by atoms with van der Waals surface area (Å²) in [6.07, 6.45) is 75.7. The number of ether oxygens (including phenoxy) is 3. The van der Waals surface area contributed by atoms with Gasteiger partial charge in [-0.15, -0.1) is 0 Å². The zero-order chi connectivity index (χ0) is 50.7. The van der Waals surface area contributed by atoms with Crippen molar-refractivity contribution in [3.05, 3.63) is 85.1 Å². The lowest BCUT2D eigenvalue weighted by Gasteiger charge is -2.18. The average molecular weight is 976 g/mol. The van der Waals surface area contributed by atoms with Crippen LogP contribution in [0.15, 0.2) is 85.1 Å². The molecule has 0 aromatic carbocycles. The van der Waals surface area contributed by atoms with Gasteiger partial charge in [0.1, 0.15) is 13.2 Å². The maximum absolute atomic E-state index is 12.9. The Morgan fingerprint density at radius 1 is 0.300 bits per heavy atom. The van der Waals surface area contributed by atoms with Gasteiger partial charge in [-0.1, -0.05) is 311 Å². The Morgan fingerprint density at radius 3 is 0.871 bits per heavy atom. The van der Waals surface area contributed by atoms with Gasteiger partial charge < -0.3 is 14.2 Å². The molecule has 0 N–H and O–H groups in total. The monoisotopic (exact) mass is 975 g/mol. The number of hydrogen-bond acceptors (Lipinski definition) is 6. The SMILES string of the molecule is CC\C=C/C=C\C=C/C=C\C=C\C=C/C=C\CCCCCC(=O)OCC(COC(=O)CCCCCCCCCCCCCCCCC)OC(=O)CCCCCCCCCCCCCCCCCCCC. The van der Waals surface area contributed by atoms with E-state index in [1.54, 1.807) is 0 Å². The van der Waals surface area contributed by atoms with Crippen molar-refractivity contribution in [2.24, 2.45) is 0 Å². The van der Waals surface area contributed by atoms with E-state index in [-0.39, 0.29) is 31.1 Å². The lowest BCUT2D eigenvalue weighted by Crippen LogP contribution is -2.30. The van der Waals surface area contributed by atoms with Crippen molar-refractivity contribution in [1.29, 1.82) is 0 Å². The molecule has 0 saturated heterocycles. The maximum Gasteiger partial charge on any atom is 0.306 e. The van der Waals surface area contributed by atoms with Crippen LogP contribution in [0.4, 0.5) is 0 Å². The van der Waals surface area contributed by atoms with Crippen LogP contribution in [0.5, 0.6) is 0 Å². The molecule has 6 nitrogen and oxygen atoms in total. The van der Waals surface area contributed by atoms with Gasteiger partial charge in [-0.25, -0.2) is 0 Å². The Balaban J connectivity index is 4.45. The predicted molar refractivity (Wildman–Crippen MR) is 302 cm³/mol. The quantitative estimate of drug-likeness (QED) is 0.0261.